The van der Waals surface area contributed by atoms with Crippen LogP contribution in [0.2, 0.25) is 0 Å². The third-order valence-corrected chi connectivity index (χ3v) is 5.95. The van der Waals surface area contributed by atoms with Crippen molar-refractivity contribution < 1.29 is 9.90 Å². The zero-order valence-electron chi connectivity index (χ0n) is 17.4. The number of carbonyl (C=O) groups is 1. The zero-order chi connectivity index (χ0) is 21.4. The van der Waals surface area contributed by atoms with Crippen LogP contribution in [0.25, 0.3) is 33.5 Å². The Morgan fingerprint density at radius 1 is 1.03 bits per heavy atom. The number of nitrogens with zero attached hydrogens (tertiary/aromatic N) is 3. The van der Waals surface area contributed by atoms with E-state index in [-0.39, 0.29) is 5.91 Å². The fraction of sp³-hybridized carbons (Fsp3) is 0.240. The number of carbonyl (C=O) groups excluding carboxylic acids is 1. The van der Waals surface area contributed by atoms with E-state index in [0.29, 0.717) is 37.3 Å². The van der Waals surface area contributed by atoms with Crippen molar-refractivity contribution in [3.8, 4) is 22.5 Å². The highest BCUT2D eigenvalue weighted by molar-refractivity contribution is 5.93. The van der Waals surface area contributed by atoms with E-state index in [1.54, 1.807) is 17.2 Å². The molecule has 1 aliphatic heterocycles. The molecule has 0 atom stereocenters. The number of aromatic nitrogens is 3. The average molecular weight is 412 g/mol. The van der Waals surface area contributed by atoms with Gasteiger partial charge in [0.1, 0.15) is 11.3 Å². The van der Waals surface area contributed by atoms with Crippen LogP contribution in [-0.2, 0) is 0 Å². The lowest BCUT2D eigenvalue weighted by Gasteiger charge is -2.35. The molecule has 0 unspecified atom stereocenters. The monoisotopic (exact) mass is 412 g/mol. The number of nitrogens with one attached hydrogen (secondary N) is 1. The number of pyridine rings is 2. The molecule has 1 fully saturated rings. The Morgan fingerprint density at radius 2 is 1.81 bits per heavy atom. The summed E-state index contributed by atoms with van der Waals surface area (Å²) >= 11 is 0. The second kappa shape index (κ2) is 7.63. The van der Waals surface area contributed by atoms with E-state index in [1.807, 2.05) is 43.3 Å². The van der Waals surface area contributed by atoms with Crippen molar-refractivity contribution in [2.45, 2.75) is 25.4 Å². The molecule has 6 nitrogen and oxygen atoms in total. The number of likely N-dealkylation sites (tertiary alicyclic amines) is 1. The first-order valence-corrected chi connectivity index (χ1v) is 10.5. The number of benzene rings is 1. The Balaban J connectivity index is 1.42. The summed E-state index contributed by atoms with van der Waals surface area (Å²) in [6.07, 6.45) is 2.94. The van der Waals surface area contributed by atoms with Crippen LogP contribution in [0.3, 0.4) is 0 Å². The summed E-state index contributed by atoms with van der Waals surface area (Å²) in [5.41, 5.74) is 4.23. The van der Waals surface area contributed by atoms with Crippen LogP contribution in [-0.4, -0.2) is 49.6 Å². The first-order valence-electron chi connectivity index (χ1n) is 10.5. The molecule has 1 amide bonds. The first kappa shape index (κ1) is 19.5. The SMILES string of the molecule is CC1(O)CCN(C(=O)c2cccc(-c3cnc4[nH]c(-c5ccccc5)cc4c3)n2)CC1. The van der Waals surface area contributed by atoms with Gasteiger partial charge in [-0.2, -0.15) is 0 Å². The molecule has 4 heterocycles. The van der Waals surface area contributed by atoms with Crippen molar-refractivity contribution in [2.75, 3.05) is 13.1 Å². The molecule has 1 aromatic carbocycles. The molecule has 0 bridgehead atoms. The van der Waals surface area contributed by atoms with E-state index in [1.165, 1.54) is 0 Å². The van der Waals surface area contributed by atoms with Gasteiger partial charge in [0, 0.05) is 35.9 Å². The maximum Gasteiger partial charge on any atom is 0.272 e. The molecule has 1 aliphatic rings. The summed E-state index contributed by atoms with van der Waals surface area (Å²) in [5, 5.41) is 11.1. The van der Waals surface area contributed by atoms with Crippen molar-refractivity contribution in [3.63, 3.8) is 0 Å². The molecule has 4 aromatic rings. The Labute approximate surface area is 180 Å². The Morgan fingerprint density at radius 3 is 2.58 bits per heavy atom. The molecule has 3 aromatic heterocycles. The van der Waals surface area contributed by atoms with Crippen molar-refractivity contribution in [1.82, 2.24) is 19.9 Å². The second-order valence-corrected chi connectivity index (χ2v) is 8.41. The van der Waals surface area contributed by atoms with Gasteiger partial charge in [-0.15, -0.1) is 0 Å². The van der Waals surface area contributed by atoms with E-state index in [2.05, 4.69) is 33.2 Å². The van der Waals surface area contributed by atoms with Crippen LogP contribution >= 0.6 is 0 Å². The minimum absolute atomic E-state index is 0.0978. The summed E-state index contributed by atoms with van der Waals surface area (Å²) in [7, 11) is 0. The zero-order valence-corrected chi connectivity index (χ0v) is 17.4. The maximum absolute atomic E-state index is 12.9. The van der Waals surface area contributed by atoms with Gasteiger partial charge < -0.3 is 15.0 Å². The summed E-state index contributed by atoms with van der Waals surface area (Å²) in [6.45, 7) is 2.90. The molecule has 5 rings (SSSR count). The van der Waals surface area contributed by atoms with Gasteiger partial charge in [0.05, 0.1) is 11.3 Å². The first-order chi connectivity index (χ1) is 15.0. The number of fused-ring (bicyclic) bond motifs is 1. The molecule has 31 heavy (non-hydrogen) atoms. The Bertz CT molecular complexity index is 1240. The van der Waals surface area contributed by atoms with Gasteiger partial charge in [-0.05, 0) is 49.6 Å². The van der Waals surface area contributed by atoms with Crippen molar-refractivity contribution in [3.05, 3.63) is 72.6 Å². The van der Waals surface area contributed by atoms with Crippen LogP contribution < -0.4 is 0 Å². The largest absolute Gasteiger partial charge is 0.390 e. The van der Waals surface area contributed by atoms with E-state index in [0.717, 1.165) is 27.9 Å². The van der Waals surface area contributed by atoms with Gasteiger partial charge in [0.2, 0.25) is 0 Å². The fourth-order valence-electron chi connectivity index (χ4n) is 4.00. The smallest absolute Gasteiger partial charge is 0.272 e. The van der Waals surface area contributed by atoms with E-state index >= 15 is 0 Å². The van der Waals surface area contributed by atoms with Crippen LogP contribution in [0.15, 0.2) is 66.9 Å². The number of aromatic amines is 1. The molecule has 156 valence electrons. The standard InChI is InChI=1S/C25H24N4O2/c1-25(31)10-12-29(13-11-25)24(30)21-9-5-8-20(27-21)19-14-18-15-22(28-23(18)26-16-19)17-6-3-2-4-7-17/h2-9,14-16,31H,10-13H2,1H3,(H,26,28). The summed E-state index contributed by atoms with van der Waals surface area (Å²) in [4.78, 5) is 27.2. The normalized spacial score (nSPS) is 15.9. The van der Waals surface area contributed by atoms with E-state index in [4.69, 9.17) is 0 Å². The highest BCUT2D eigenvalue weighted by Gasteiger charge is 2.30. The van der Waals surface area contributed by atoms with Gasteiger partial charge in [0.25, 0.3) is 5.91 Å². The molecule has 0 aliphatic carbocycles. The topological polar surface area (TPSA) is 82.1 Å². The molecular weight excluding hydrogens is 388 g/mol. The lowest BCUT2D eigenvalue weighted by Crippen LogP contribution is -2.45. The molecule has 0 radical (unpaired) electrons. The van der Waals surface area contributed by atoms with Crippen molar-refractivity contribution in [2.24, 2.45) is 0 Å². The maximum atomic E-state index is 12.9. The number of amides is 1. The molecule has 0 spiro atoms. The Hall–Kier alpha value is -3.51. The lowest BCUT2D eigenvalue weighted by atomic mass is 9.94. The van der Waals surface area contributed by atoms with E-state index < -0.39 is 5.60 Å². The summed E-state index contributed by atoms with van der Waals surface area (Å²) in [6, 6.07) is 19.7. The quantitative estimate of drug-likeness (QED) is 0.526. The highest BCUT2D eigenvalue weighted by Crippen LogP contribution is 2.27. The summed E-state index contributed by atoms with van der Waals surface area (Å²) in [5.74, 6) is -0.0978. The van der Waals surface area contributed by atoms with Crippen LogP contribution in [0.1, 0.15) is 30.3 Å². The number of rotatable bonds is 3. The molecule has 1 saturated heterocycles. The van der Waals surface area contributed by atoms with Crippen molar-refractivity contribution >= 4 is 16.9 Å². The Kier molecular flexibility index (Phi) is 4.79. The van der Waals surface area contributed by atoms with Crippen LogP contribution in [0.4, 0.5) is 0 Å². The molecule has 6 heteroatoms. The minimum Gasteiger partial charge on any atom is -0.390 e. The summed E-state index contributed by atoms with van der Waals surface area (Å²) < 4.78 is 0. The van der Waals surface area contributed by atoms with E-state index in [9.17, 15) is 9.90 Å². The number of H-pyrrole nitrogens is 1. The highest BCUT2D eigenvalue weighted by atomic mass is 16.3. The predicted molar refractivity (Wildman–Crippen MR) is 121 cm³/mol. The molecular formula is C25H24N4O2. The number of piperidine rings is 1. The number of hydrogen-bond acceptors (Lipinski definition) is 4. The van der Waals surface area contributed by atoms with Gasteiger partial charge in [-0.1, -0.05) is 36.4 Å². The third-order valence-electron chi connectivity index (χ3n) is 5.95. The molecule has 2 N–H and O–H groups in total. The van der Waals surface area contributed by atoms with Gasteiger partial charge >= 0.3 is 0 Å². The van der Waals surface area contributed by atoms with Crippen LogP contribution in [0.5, 0.6) is 0 Å². The lowest BCUT2D eigenvalue weighted by molar-refractivity contribution is -0.00219. The van der Waals surface area contributed by atoms with Crippen LogP contribution in [0, 0.1) is 0 Å². The van der Waals surface area contributed by atoms with Crippen molar-refractivity contribution in [1.29, 1.82) is 0 Å². The number of hydrogen-bond donors (Lipinski definition) is 2. The predicted octanol–water partition coefficient (Wildman–Crippen LogP) is 4.28. The van der Waals surface area contributed by atoms with Gasteiger partial charge in [0.15, 0.2) is 0 Å². The third kappa shape index (κ3) is 3.94. The minimum atomic E-state index is -0.692. The molecule has 0 saturated carbocycles. The fourth-order valence-corrected chi connectivity index (χ4v) is 4.00. The number of aliphatic hydroxyl groups is 1. The van der Waals surface area contributed by atoms with Gasteiger partial charge in [-0.3, -0.25) is 4.79 Å². The van der Waals surface area contributed by atoms with Gasteiger partial charge in [-0.25, -0.2) is 9.97 Å². The second-order valence-electron chi connectivity index (χ2n) is 8.41. The average Bonchev–Trinajstić information content (AvgIpc) is 3.23.